The van der Waals surface area contributed by atoms with E-state index in [1.807, 2.05) is 0 Å². The van der Waals surface area contributed by atoms with Crippen LogP contribution in [0.25, 0.3) is 0 Å². The van der Waals surface area contributed by atoms with E-state index >= 15 is 0 Å². The van der Waals surface area contributed by atoms with Crippen molar-refractivity contribution in [1.82, 2.24) is 5.32 Å². The van der Waals surface area contributed by atoms with E-state index in [4.69, 9.17) is 5.11 Å². The number of aliphatic carboxylic acids is 1. The van der Waals surface area contributed by atoms with E-state index in [1.54, 1.807) is 0 Å². The average molecular weight is 286 g/mol. The van der Waals surface area contributed by atoms with Gasteiger partial charge in [0.15, 0.2) is 5.25 Å². The van der Waals surface area contributed by atoms with Crippen molar-refractivity contribution >= 4 is 27.6 Å². The summed E-state index contributed by atoms with van der Waals surface area (Å²) in [6, 6.07) is 5.64. The van der Waals surface area contributed by atoms with Gasteiger partial charge in [0.25, 0.3) is 5.91 Å². The summed E-state index contributed by atoms with van der Waals surface area (Å²) in [4.78, 5) is 21.9. The SMILES string of the molecule is CNC(=O)c1ccc(NS(=O)(=O)C(C)C(=O)O)cc1. The predicted octanol–water partition coefficient (Wildman–Crippen LogP) is 0.261. The maximum absolute atomic E-state index is 11.6. The van der Waals surface area contributed by atoms with Crippen molar-refractivity contribution in [2.24, 2.45) is 0 Å². The fourth-order valence-corrected chi connectivity index (χ4v) is 2.13. The highest BCUT2D eigenvalue weighted by Crippen LogP contribution is 2.13. The molecule has 0 heterocycles. The maximum atomic E-state index is 11.6. The summed E-state index contributed by atoms with van der Waals surface area (Å²) in [5.74, 6) is -1.73. The van der Waals surface area contributed by atoms with Crippen molar-refractivity contribution in [1.29, 1.82) is 0 Å². The van der Waals surface area contributed by atoms with Gasteiger partial charge in [-0.2, -0.15) is 0 Å². The first-order valence-electron chi connectivity index (χ1n) is 5.34. The molecule has 3 N–H and O–H groups in total. The van der Waals surface area contributed by atoms with Crippen molar-refractivity contribution in [3.8, 4) is 0 Å². The van der Waals surface area contributed by atoms with Crippen LogP contribution in [0.4, 0.5) is 5.69 Å². The second-order valence-electron chi connectivity index (χ2n) is 3.78. The Hall–Kier alpha value is -2.09. The predicted molar refractivity (Wildman–Crippen MR) is 69.5 cm³/mol. The molecule has 1 rings (SSSR count). The van der Waals surface area contributed by atoms with Gasteiger partial charge in [0.05, 0.1) is 0 Å². The van der Waals surface area contributed by atoms with Crippen LogP contribution < -0.4 is 10.0 Å². The summed E-state index contributed by atoms with van der Waals surface area (Å²) in [6.45, 7) is 1.07. The topological polar surface area (TPSA) is 113 Å². The number of rotatable bonds is 5. The van der Waals surface area contributed by atoms with Crippen LogP contribution in [0.5, 0.6) is 0 Å². The number of amides is 1. The van der Waals surface area contributed by atoms with Gasteiger partial charge in [-0.05, 0) is 31.2 Å². The maximum Gasteiger partial charge on any atom is 0.323 e. The van der Waals surface area contributed by atoms with Crippen LogP contribution >= 0.6 is 0 Å². The van der Waals surface area contributed by atoms with Gasteiger partial charge in [-0.15, -0.1) is 0 Å². The number of benzene rings is 1. The molecule has 0 bridgehead atoms. The molecule has 1 amide bonds. The molecule has 1 unspecified atom stereocenters. The molecule has 0 aliphatic heterocycles. The Morgan fingerprint density at radius 2 is 1.74 bits per heavy atom. The molecule has 0 spiro atoms. The molecule has 8 heteroatoms. The third-order valence-corrected chi connectivity index (χ3v) is 4.10. The highest BCUT2D eigenvalue weighted by atomic mass is 32.2. The lowest BCUT2D eigenvalue weighted by molar-refractivity contribution is -0.136. The molecular formula is C11H14N2O5S. The monoisotopic (exact) mass is 286 g/mol. The fraction of sp³-hybridized carbons (Fsp3) is 0.273. The Labute approximate surface area is 110 Å². The molecule has 19 heavy (non-hydrogen) atoms. The van der Waals surface area contributed by atoms with Crippen molar-refractivity contribution < 1.29 is 23.1 Å². The first-order valence-corrected chi connectivity index (χ1v) is 6.89. The lowest BCUT2D eigenvalue weighted by atomic mass is 10.2. The molecule has 7 nitrogen and oxygen atoms in total. The summed E-state index contributed by atoms with van der Waals surface area (Å²) in [5.41, 5.74) is 0.567. The molecule has 0 fully saturated rings. The highest BCUT2D eigenvalue weighted by Gasteiger charge is 2.27. The highest BCUT2D eigenvalue weighted by molar-refractivity contribution is 7.94. The lowest BCUT2D eigenvalue weighted by Gasteiger charge is -2.11. The van der Waals surface area contributed by atoms with Crippen LogP contribution in [0.15, 0.2) is 24.3 Å². The Morgan fingerprint density at radius 1 is 1.21 bits per heavy atom. The third-order valence-electron chi connectivity index (χ3n) is 2.45. The lowest BCUT2D eigenvalue weighted by Crippen LogP contribution is -2.32. The van der Waals surface area contributed by atoms with E-state index in [-0.39, 0.29) is 11.6 Å². The Bertz CT molecular complexity index is 580. The molecule has 1 aromatic rings. The summed E-state index contributed by atoms with van der Waals surface area (Å²) in [6.07, 6.45) is 0. The van der Waals surface area contributed by atoms with Gasteiger partial charge < -0.3 is 10.4 Å². The van der Waals surface area contributed by atoms with Gasteiger partial charge in [-0.3, -0.25) is 14.3 Å². The van der Waals surface area contributed by atoms with E-state index in [2.05, 4.69) is 10.0 Å². The number of nitrogens with one attached hydrogen (secondary N) is 2. The summed E-state index contributed by atoms with van der Waals surface area (Å²) < 4.78 is 25.4. The Kier molecular flexibility index (Phi) is 4.49. The van der Waals surface area contributed by atoms with Crippen LogP contribution in [-0.2, 0) is 14.8 Å². The zero-order chi connectivity index (χ0) is 14.6. The number of anilines is 1. The van der Waals surface area contributed by atoms with Crippen LogP contribution in [-0.4, -0.2) is 37.7 Å². The number of carbonyl (C=O) groups excluding carboxylic acids is 1. The molecule has 0 radical (unpaired) electrons. The van der Waals surface area contributed by atoms with E-state index < -0.39 is 21.2 Å². The second-order valence-corrected chi connectivity index (χ2v) is 5.79. The van der Waals surface area contributed by atoms with E-state index in [0.717, 1.165) is 6.92 Å². The molecule has 0 saturated heterocycles. The van der Waals surface area contributed by atoms with Crippen LogP contribution in [0.3, 0.4) is 0 Å². The van der Waals surface area contributed by atoms with E-state index in [1.165, 1.54) is 31.3 Å². The quantitative estimate of drug-likeness (QED) is 0.718. The molecule has 0 aromatic heterocycles. The van der Waals surface area contributed by atoms with E-state index in [9.17, 15) is 18.0 Å². The zero-order valence-corrected chi connectivity index (χ0v) is 11.2. The van der Waals surface area contributed by atoms with Crippen LogP contribution in [0.2, 0.25) is 0 Å². The van der Waals surface area contributed by atoms with Crippen LogP contribution in [0.1, 0.15) is 17.3 Å². The summed E-state index contributed by atoms with van der Waals surface area (Å²) in [5, 5.41) is 9.54. The number of carboxylic acid groups (broad SMARTS) is 1. The van der Waals surface area contributed by atoms with Crippen molar-refractivity contribution in [3.63, 3.8) is 0 Å². The first-order chi connectivity index (χ1) is 8.77. The van der Waals surface area contributed by atoms with Crippen LogP contribution in [0, 0.1) is 0 Å². The van der Waals surface area contributed by atoms with Crippen molar-refractivity contribution in [2.75, 3.05) is 11.8 Å². The second kappa shape index (κ2) is 5.70. The first kappa shape index (κ1) is 15.0. The van der Waals surface area contributed by atoms with Gasteiger partial charge in [-0.25, -0.2) is 8.42 Å². The van der Waals surface area contributed by atoms with Gasteiger partial charge >= 0.3 is 5.97 Å². The Morgan fingerprint density at radius 3 is 2.16 bits per heavy atom. The number of hydrogen-bond acceptors (Lipinski definition) is 4. The largest absolute Gasteiger partial charge is 0.480 e. The van der Waals surface area contributed by atoms with Gasteiger partial charge in [0.1, 0.15) is 0 Å². The molecule has 0 saturated carbocycles. The smallest absolute Gasteiger partial charge is 0.323 e. The molecular weight excluding hydrogens is 272 g/mol. The van der Waals surface area contributed by atoms with E-state index in [0.29, 0.717) is 5.56 Å². The number of sulfonamides is 1. The normalized spacial score (nSPS) is 12.5. The van der Waals surface area contributed by atoms with Crippen molar-refractivity contribution in [2.45, 2.75) is 12.2 Å². The molecule has 0 aliphatic carbocycles. The minimum atomic E-state index is -4.00. The van der Waals surface area contributed by atoms with Crippen molar-refractivity contribution in [3.05, 3.63) is 29.8 Å². The number of hydrogen-bond donors (Lipinski definition) is 3. The number of carbonyl (C=O) groups is 2. The molecule has 1 aromatic carbocycles. The van der Waals surface area contributed by atoms with Gasteiger partial charge in [-0.1, -0.05) is 0 Å². The Balaban J connectivity index is 2.90. The minimum Gasteiger partial charge on any atom is -0.480 e. The zero-order valence-electron chi connectivity index (χ0n) is 10.4. The fourth-order valence-electron chi connectivity index (χ4n) is 1.22. The summed E-state index contributed by atoms with van der Waals surface area (Å²) in [7, 11) is -2.52. The number of carboxylic acids is 1. The summed E-state index contributed by atoms with van der Waals surface area (Å²) >= 11 is 0. The van der Waals surface area contributed by atoms with Gasteiger partial charge in [0, 0.05) is 18.3 Å². The average Bonchev–Trinajstić information content (AvgIpc) is 2.37. The molecule has 1 atom stereocenters. The third kappa shape index (κ3) is 3.68. The molecule has 0 aliphatic rings. The van der Waals surface area contributed by atoms with Gasteiger partial charge in [0.2, 0.25) is 10.0 Å². The molecule has 104 valence electrons. The minimum absolute atomic E-state index is 0.195. The standard InChI is InChI=1S/C11H14N2O5S/c1-7(11(15)16)19(17,18)13-9-5-3-8(4-6-9)10(14)12-2/h3-7,13H,1-2H3,(H,12,14)(H,15,16).